The molecule has 0 aliphatic heterocycles. The van der Waals surface area contributed by atoms with E-state index in [1.807, 2.05) is 0 Å². The Labute approximate surface area is 269 Å². The van der Waals surface area contributed by atoms with E-state index in [0.29, 0.717) is 0 Å². The van der Waals surface area contributed by atoms with E-state index in [9.17, 15) is 0 Å². The van der Waals surface area contributed by atoms with Crippen LogP contribution in [-0.2, 0) is 0 Å². The summed E-state index contributed by atoms with van der Waals surface area (Å²) in [5.41, 5.74) is 0. The summed E-state index contributed by atoms with van der Waals surface area (Å²) >= 11 is -7.38. The number of hydrogen-bond acceptors (Lipinski definition) is 0. The monoisotopic (exact) mass is 778 g/mol. The first kappa shape index (κ1) is 28.9. The molecule has 210 valence electrons. The van der Waals surface area contributed by atoms with E-state index in [-0.39, 0.29) is 0 Å². The van der Waals surface area contributed by atoms with E-state index in [4.69, 9.17) is 0 Å². The molecule has 2 heteroatoms. The second-order valence-electron chi connectivity index (χ2n) is 11.3. The molecule has 0 nitrogen and oxygen atoms in total. The second-order valence-corrected chi connectivity index (χ2v) is 33.0. The average molecular weight is 776 g/mol. The van der Waals surface area contributed by atoms with Crippen molar-refractivity contribution in [3.05, 3.63) is 206 Å². The standard InChI is InChI=1S/6C6H5.C6H4.2Sn/c7*1-2-4-6-5-3-1;;/h6*1-5H;1-2,5-6H;;. The molecule has 0 N–H and O–H groups in total. The van der Waals surface area contributed by atoms with Gasteiger partial charge >= 0.3 is 272 Å². The van der Waals surface area contributed by atoms with Gasteiger partial charge in [-0.2, -0.15) is 0 Å². The van der Waals surface area contributed by atoms with Gasteiger partial charge in [0.1, 0.15) is 0 Å². The third-order valence-electron chi connectivity index (χ3n) is 8.99. The van der Waals surface area contributed by atoms with Crippen LogP contribution in [0.5, 0.6) is 0 Å². The van der Waals surface area contributed by atoms with Gasteiger partial charge in [0.05, 0.1) is 0 Å². The van der Waals surface area contributed by atoms with Crippen molar-refractivity contribution in [2.75, 3.05) is 0 Å². The van der Waals surface area contributed by atoms with Crippen LogP contribution in [0.2, 0.25) is 0 Å². The van der Waals surface area contributed by atoms with Crippen LogP contribution in [0.1, 0.15) is 0 Å². The van der Waals surface area contributed by atoms with Crippen molar-refractivity contribution in [2.24, 2.45) is 0 Å². The number of benzene rings is 7. The van der Waals surface area contributed by atoms with Crippen molar-refractivity contribution >= 4 is 65.4 Å². The van der Waals surface area contributed by atoms with Crippen molar-refractivity contribution in [2.45, 2.75) is 0 Å². The Kier molecular flexibility index (Phi) is 8.54. The van der Waals surface area contributed by atoms with Crippen LogP contribution in [0.25, 0.3) is 0 Å². The van der Waals surface area contributed by atoms with Gasteiger partial charge in [0.25, 0.3) is 0 Å². The Morgan fingerprint density at radius 3 is 0.455 bits per heavy atom. The quantitative estimate of drug-likeness (QED) is 0.201. The molecule has 0 fully saturated rings. The Morgan fingerprint density at radius 2 is 0.295 bits per heavy atom. The van der Waals surface area contributed by atoms with Crippen molar-refractivity contribution in [3.8, 4) is 0 Å². The maximum atomic E-state index is 2.50. The Balaban J connectivity index is 1.52. The van der Waals surface area contributed by atoms with Crippen LogP contribution in [0.3, 0.4) is 0 Å². The van der Waals surface area contributed by atoms with Gasteiger partial charge < -0.3 is 0 Å². The zero-order valence-electron chi connectivity index (χ0n) is 24.6. The summed E-state index contributed by atoms with van der Waals surface area (Å²) in [5.74, 6) is 0. The van der Waals surface area contributed by atoms with Gasteiger partial charge in [0, 0.05) is 0 Å². The molecule has 0 saturated carbocycles. The van der Waals surface area contributed by atoms with Crippen LogP contribution in [0, 0.1) is 0 Å². The van der Waals surface area contributed by atoms with E-state index in [2.05, 4.69) is 206 Å². The first-order chi connectivity index (χ1) is 21.8. The third kappa shape index (κ3) is 5.04. The van der Waals surface area contributed by atoms with Crippen LogP contribution >= 0.6 is 0 Å². The van der Waals surface area contributed by atoms with Gasteiger partial charge in [0.2, 0.25) is 0 Å². The van der Waals surface area contributed by atoms with Crippen molar-refractivity contribution in [1.29, 1.82) is 0 Å². The summed E-state index contributed by atoms with van der Waals surface area (Å²) in [7, 11) is 0. The summed E-state index contributed by atoms with van der Waals surface area (Å²) in [4.78, 5) is 0. The molecule has 0 heterocycles. The zero-order valence-corrected chi connectivity index (χ0v) is 30.3. The van der Waals surface area contributed by atoms with Gasteiger partial charge in [-0.15, -0.1) is 0 Å². The van der Waals surface area contributed by atoms with E-state index < -0.39 is 36.8 Å². The molecular formula is C42H34Sn2. The summed E-state index contributed by atoms with van der Waals surface area (Å²) in [6.07, 6.45) is 0. The first-order valence-electron chi connectivity index (χ1n) is 15.3. The van der Waals surface area contributed by atoms with Crippen LogP contribution in [-0.4, -0.2) is 36.8 Å². The van der Waals surface area contributed by atoms with E-state index in [0.717, 1.165) is 0 Å². The predicted molar refractivity (Wildman–Crippen MR) is 194 cm³/mol. The molecule has 0 spiro atoms. The molecular weight excluding hydrogens is 742 g/mol. The molecule has 0 bridgehead atoms. The molecule has 0 saturated heterocycles. The van der Waals surface area contributed by atoms with Crippen LogP contribution in [0.4, 0.5) is 0 Å². The van der Waals surface area contributed by atoms with Gasteiger partial charge in [-0.3, -0.25) is 0 Å². The SMILES string of the molecule is c1cc[c]([Sn]([c]2ccccc2)([c]2ccccc2)[c]2cc[c]([Sn]([c]3ccccc3)([c]3ccccc3)[c]3ccccc3)cc2)cc1. The number of hydrogen-bond donors (Lipinski definition) is 0. The minimum atomic E-state index is -3.69. The van der Waals surface area contributed by atoms with E-state index in [1.54, 1.807) is 0 Å². The molecule has 44 heavy (non-hydrogen) atoms. The third-order valence-corrected chi connectivity index (χ3v) is 36.4. The van der Waals surface area contributed by atoms with Crippen LogP contribution < -0.4 is 28.6 Å². The Hall–Kier alpha value is -3.86. The van der Waals surface area contributed by atoms with Gasteiger partial charge in [-0.05, 0) is 0 Å². The summed E-state index contributed by atoms with van der Waals surface area (Å²) in [5, 5.41) is 0. The van der Waals surface area contributed by atoms with E-state index >= 15 is 0 Å². The fourth-order valence-corrected chi connectivity index (χ4v) is 34.2. The Morgan fingerprint density at radius 1 is 0.159 bits per heavy atom. The van der Waals surface area contributed by atoms with Crippen molar-refractivity contribution in [3.63, 3.8) is 0 Å². The van der Waals surface area contributed by atoms with Crippen molar-refractivity contribution < 1.29 is 0 Å². The summed E-state index contributed by atoms with van der Waals surface area (Å²) < 4.78 is 11.8. The predicted octanol–water partition coefficient (Wildman–Crippen LogP) is 4.44. The van der Waals surface area contributed by atoms with Gasteiger partial charge in [-0.25, -0.2) is 0 Å². The first-order valence-corrected chi connectivity index (χ1v) is 26.7. The summed E-state index contributed by atoms with van der Waals surface area (Å²) in [6.45, 7) is 0. The topological polar surface area (TPSA) is 0 Å². The molecule has 0 radical (unpaired) electrons. The minimum absolute atomic E-state index is 1.47. The van der Waals surface area contributed by atoms with Gasteiger partial charge in [0.15, 0.2) is 0 Å². The molecule has 0 aromatic heterocycles. The maximum absolute atomic E-state index is 3.69. The fourth-order valence-electron chi connectivity index (χ4n) is 7.10. The normalized spacial score (nSPS) is 11.6. The molecule has 0 aliphatic rings. The molecule has 0 aliphatic carbocycles. The fraction of sp³-hybridized carbons (Fsp3) is 0. The molecule has 7 aromatic rings. The van der Waals surface area contributed by atoms with Gasteiger partial charge in [-0.1, -0.05) is 0 Å². The molecule has 0 amide bonds. The number of rotatable bonds is 8. The van der Waals surface area contributed by atoms with Crippen LogP contribution in [0.15, 0.2) is 206 Å². The Bertz CT molecular complexity index is 1570. The van der Waals surface area contributed by atoms with E-state index in [1.165, 1.54) is 28.6 Å². The summed E-state index contributed by atoms with van der Waals surface area (Å²) in [6, 6.07) is 77.8. The van der Waals surface area contributed by atoms with Crippen molar-refractivity contribution in [1.82, 2.24) is 0 Å². The molecule has 0 unspecified atom stereocenters. The second kappa shape index (κ2) is 13.0. The molecule has 7 rings (SSSR count). The molecule has 7 aromatic carbocycles. The zero-order chi connectivity index (χ0) is 29.7. The molecule has 0 atom stereocenters. The average Bonchev–Trinajstić information content (AvgIpc) is 3.12.